The Morgan fingerprint density at radius 2 is 2.00 bits per heavy atom. The number of carbonyl (C=O) groups excluding carboxylic acids is 1. The Bertz CT molecular complexity index is 849. The van der Waals surface area contributed by atoms with Crippen molar-refractivity contribution in [3.63, 3.8) is 0 Å². The zero-order valence-electron chi connectivity index (χ0n) is 16.8. The normalized spacial score (nSPS) is 12.0. The number of pyridine rings is 1. The van der Waals surface area contributed by atoms with E-state index in [1.807, 2.05) is 52.3 Å². The number of nitrogens with zero attached hydrogens (tertiary/aromatic N) is 3. The fraction of sp³-hybridized carbons (Fsp3) is 0.579. The molecule has 0 aliphatic carbocycles. The first kappa shape index (κ1) is 20.8. The molecule has 8 heteroatoms. The van der Waals surface area contributed by atoms with Crippen LogP contribution in [0.2, 0.25) is 0 Å². The maximum atomic E-state index is 12.8. The van der Waals surface area contributed by atoms with Crippen molar-refractivity contribution in [2.45, 2.75) is 53.0 Å². The highest BCUT2D eigenvalue weighted by molar-refractivity contribution is 6.06. The zero-order chi connectivity index (χ0) is 20.4. The number of ether oxygens (including phenoxy) is 1. The first-order valence-corrected chi connectivity index (χ1v) is 9.01. The predicted molar refractivity (Wildman–Crippen MR) is 102 cm³/mol. The average Bonchev–Trinajstić information content (AvgIpc) is 2.90. The van der Waals surface area contributed by atoms with E-state index in [1.165, 1.54) is 0 Å². The van der Waals surface area contributed by atoms with Gasteiger partial charge in [-0.3, -0.25) is 4.79 Å². The lowest BCUT2D eigenvalue weighted by atomic mass is 10.0. The summed E-state index contributed by atoms with van der Waals surface area (Å²) in [7, 11) is 0. The van der Waals surface area contributed by atoms with Gasteiger partial charge in [0.05, 0.1) is 28.8 Å². The van der Waals surface area contributed by atoms with Gasteiger partial charge in [0.25, 0.3) is 5.91 Å². The minimum Gasteiger partial charge on any atom is -0.480 e. The summed E-state index contributed by atoms with van der Waals surface area (Å²) in [6, 6.07) is 1.81. The van der Waals surface area contributed by atoms with Gasteiger partial charge in [-0.15, -0.1) is 0 Å². The van der Waals surface area contributed by atoms with E-state index in [4.69, 9.17) is 14.8 Å². The smallest absolute Gasteiger partial charge is 0.329 e. The molecule has 0 atom stereocenters. The number of aromatic nitrogens is 3. The number of carboxylic acids is 1. The molecule has 0 saturated carbocycles. The number of carbonyl (C=O) groups is 2. The van der Waals surface area contributed by atoms with Gasteiger partial charge >= 0.3 is 5.97 Å². The van der Waals surface area contributed by atoms with Crippen molar-refractivity contribution >= 4 is 22.9 Å². The lowest BCUT2D eigenvalue weighted by Gasteiger charge is -2.20. The van der Waals surface area contributed by atoms with Crippen molar-refractivity contribution in [2.75, 3.05) is 19.8 Å². The van der Waals surface area contributed by atoms with Crippen LogP contribution in [0, 0.1) is 6.92 Å². The quantitative estimate of drug-likeness (QED) is 0.719. The summed E-state index contributed by atoms with van der Waals surface area (Å²) < 4.78 is 6.82. The van der Waals surface area contributed by atoms with Gasteiger partial charge in [0.15, 0.2) is 5.65 Å². The Balaban J connectivity index is 2.38. The van der Waals surface area contributed by atoms with Gasteiger partial charge in [0.1, 0.15) is 6.61 Å². The number of carboxylic acid groups (broad SMARTS) is 1. The van der Waals surface area contributed by atoms with E-state index in [2.05, 4.69) is 10.4 Å². The largest absolute Gasteiger partial charge is 0.480 e. The fourth-order valence-electron chi connectivity index (χ4n) is 2.74. The Morgan fingerprint density at radius 1 is 1.33 bits per heavy atom. The minimum atomic E-state index is -1.04. The fourth-order valence-corrected chi connectivity index (χ4v) is 2.74. The van der Waals surface area contributed by atoms with E-state index in [0.29, 0.717) is 11.2 Å². The Labute approximate surface area is 158 Å². The van der Waals surface area contributed by atoms with Gasteiger partial charge in [-0.1, -0.05) is 13.8 Å². The highest BCUT2D eigenvalue weighted by Gasteiger charge is 2.25. The van der Waals surface area contributed by atoms with E-state index in [0.717, 1.165) is 16.8 Å². The molecule has 2 aromatic rings. The van der Waals surface area contributed by atoms with Crippen LogP contribution in [-0.4, -0.2) is 51.5 Å². The van der Waals surface area contributed by atoms with Crippen molar-refractivity contribution < 1.29 is 19.4 Å². The van der Waals surface area contributed by atoms with Crippen LogP contribution in [0.3, 0.4) is 0 Å². The second kappa shape index (κ2) is 8.04. The van der Waals surface area contributed by atoms with Crippen molar-refractivity contribution in [3.05, 3.63) is 23.0 Å². The monoisotopic (exact) mass is 376 g/mol. The summed E-state index contributed by atoms with van der Waals surface area (Å²) in [4.78, 5) is 28.0. The van der Waals surface area contributed by atoms with Crippen LogP contribution in [0.1, 0.15) is 62.3 Å². The number of fused-ring (bicyclic) bond motifs is 1. The Kier molecular flexibility index (Phi) is 6.20. The van der Waals surface area contributed by atoms with E-state index < -0.39 is 5.97 Å². The molecule has 0 fully saturated rings. The van der Waals surface area contributed by atoms with Crippen LogP contribution in [-0.2, 0) is 15.1 Å². The summed E-state index contributed by atoms with van der Waals surface area (Å²) in [5, 5.41) is 16.7. The van der Waals surface area contributed by atoms with E-state index in [1.54, 1.807) is 0 Å². The number of amides is 1. The molecule has 2 aromatic heterocycles. The van der Waals surface area contributed by atoms with Gasteiger partial charge < -0.3 is 15.2 Å². The van der Waals surface area contributed by atoms with Crippen LogP contribution >= 0.6 is 0 Å². The predicted octanol–water partition coefficient (Wildman–Crippen LogP) is 2.45. The van der Waals surface area contributed by atoms with Crippen LogP contribution in [0.4, 0.5) is 0 Å². The van der Waals surface area contributed by atoms with Crippen LogP contribution in [0.5, 0.6) is 0 Å². The first-order valence-electron chi connectivity index (χ1n) is 9.01. The SMILES string of the molecule is Cc1nn(C(C)(C)C)c2nc(C(C)C)cc(C(=O)NCCOCC(=O)O)c12. The molecular formula is C19H28N4O4. The Morgan fingerprint density at radius 3 is 2.56 bits per heavy atom. The maximum absolute atomic E-state index is 12.8. The molecule has 0 unspecified atom stereocenters. The minimum absolute atomic E-state index is 0.129. The van der Waals surface area contributed by atoms with Crippen molar-refractivity contribution in [1.82, 2.24) is 20.1 Å². The zero-order valence-corrected chi connectivity index (χ0v) is 16.8. The molecule has 0 bridgehead atoms. The summed E-state index contributed by atoms with van der Waals surface area (Å²) in [5.74, 6) is -1.13. The molecule has 0 aliphatic rings. The number of hydrogen-bond acceptors (Lipinski definition) is 5. The molecule has 0 saturated heterocycles. The Hall–Kier alpha value is -2.48. The molecular weight excluding hydrogens is 348 g/mol. The second-order valence-electron chi connectivity index (χ2n) is 7.82. The van der Waals surface area contributed by atoms with Gasteiger partial charge in [-0.05, 0) is 39.7 Å². The molecule has 0 aromatic carbocycles. The second-order valence-corrected chi connectivity index (χ2v) is 7.82. The highest BCUT2D eigenvalue weighted by atomic mass is 16.5. The summed E-state index contributed by atoms with van der Waals surface area (Å²) in [6.45, 7) is 12.0. The topological polar surface area (TPSA) is 106 Å². The summed E-state index contributed by atoms with van der Waals surface area (Å²) >= 11 is 0. The summed E-state index contributed by atoms with van der Waals surface area (Å²) in [5.41, 5.74) is 2.51. The lowest BCUT2D eigenvalue weighted by Crippen LogP contribution is -2.28. The summed E-state index contributed by atoms with van der Waals surface area (Å²) in [6.07, 6.45) is 0. The van der Waals surface area contributed by atoms with Crippen molar-refractivity contribution in [3.8, 4) is 0 Å². The number of aryl methyl sites for hydroxylation is 1. The third-order valence-electron chi connectivity index (χ3n) is 4.06. The number of nitrogens with one attached hydrogen (secondary N) is 1. The number of rotatable bonds is 7. The maximum Gasteiger partial charge on any atom is 0.329 e. The van der Waals surface area contributed by atoms with Crippen molar-refractivity contribution in [2.24, 2.45) is 0 Å². The molecule has 0 radical (unpaired) electrons. The highest BCUT2D eigenvalue weighted by Crippen LogP contribution is 2.28. The molecule has 0 spiro atoms. The van der Waals surface area contributed by atoms with E-state index in [-0.39, 0.29) is 37.1 Å². The van der Waals surface area contributed by atoms with Gasteiger partial charge in [-0.2, -0.15) is 5.10 Å². The first-order chi connectivity index (χ1) is 12.5. The van der Waals surface area contributed by atoms with E-state index >= 15 is 0 Å². The standard InChI is InChI=1S/C19H28N4O4/c1-11(2)14-9-13(18(26)20-7-8-27-10-15(24)25)16-12(3)22-23(17(16)21-14)19(4,5)6/h9,11H,7-8,10H2,1-6H3,(H,20,26)(H,24,25). The molecule has 1 amide bonds. The molecule has 27 heavy (non-hydrogen) atoms. The van der Waals surface area contributed by atoms with Crippen molar-refractivity contribution in [1.29, 1.82) is 0 Å². The number of aliphatic carboxylic acids is 1. The molecule has 2 N–H and O–H groups in total. The lowest BCUT2D eigenvalue weighted by molar-refractivity contribution is -0.142. The third kappa shape index (κ3) is 4.82. The van der Waals surface area contributed by atoms with Crippen LogP contribution in [0.15, 0.2) is 6.07 Å². The molecule has 8 nitrogen and oxygen atoms in total. The third-order valence-corrected chi connectivity index (χ3v) is 4.06. The van der Waals surface area contributed by atoms with Gasteiger partial charge in [-0.25, -0.2) is 14.5 Å². The average molecular weight is 376 g/mol. The van der Waals surface area contributed by atoms with Crippen LogP contribution < -0.4 is 5.32 Å². The number of hydrogen-bond donors (Lipinski definition) is 2. The van der Waals surface area contributed by atoms with E-state index in [9.17, 15) is 9.59 Å². The molecule has 148 valence electrons. The van der Waals surface area contributed by atoms with Gasteiger partial charge in [0, 0.05) is 12.2 Å². The molecule has 0 aliphatic heterocycles. The molecule has 2 heterocycles. The van der Waals surface area contributed by atoms with Crippen LogP contribution in [0.25, 0.3) is 11.0 Å². The molecule has 2 rings (SSSR count). The van der Waals surface area contributed by atoms with Gasteiger partial charge in [0.2, 0.25) is 0 Å².